The molecule has 3 nitrogen and oxygen atoms in total. The van der Waals surface area contributed by atoms with Crippen LogP contribution in [0.5, 0.6) is 0 Å². The molecular formula is C20H22F4N2O. The summed E-state index contributed by atoms with van der Waals surface area (Å²) < 4.78 is 50.6. The fraction of sp³-hybridized carbons (Fsp3) is 0.350. The van der Waals surface area contributed by atoms with Gasteiger partial charge in [0.25, 0.3) is 0 Å². The van der Waals surface area contributed by atoms with Gasteiger partial charge >= 0.3 is 6.18 Å². The van der Waals surface area contributed by atoms with Crippen LogP contribution >= 0.6 is 0 Å². The van der Waals surface area contributed by atoms with Gasteiger partial charge in [-0.25, -0.2) is 4.39 Å². The summed E-state index contributed by atoms with van der Waals surface area (Å²) in [6.07, 6.45) is -3.77. The van der Waals surface area contributed by atoms with Gasteiger partial charge in [-0.1, -0.05) is 24.3 Å². The van der Waals surface area contributed by atoms with Crippen molar-refractivity contribution in [3.05, 3.63) is 71.0 Å². The third-order valence-electron chi connectivity index (χ3n) is 4.38. The van der Waals surface area contributed by atoms with E-state index in [9.17, 15) is 22.4 Å². The van der Waals surface area contributed by atoms with Gasteiger partial charge in [0.2, 0.25) is 5.91 Å². The first kappa shape index (κ1) is 20.9. The fourth-order valence-electron chi connectivity index (χ4n) is 2.55. The number of rotatable bonds is 7. The molecule has 0 aliphatic heterocycles. The van der Waals surface area contributed by atoms with E-state index in [2.05, 4.69) is 5.32 Å². The molecule has 1 N–H and O–H groups in total. The van der Waals surface area contributed by atoms with Crippen molar-refractivity contribution in [1.29, 1.82) is 0 Å². The second kappa shape index (κ2) is 8.99. The lowest BCUT2D eigenvalue weighted by molar-refractivity contribution is -0.137. The first-order chi connectivity index (χ1) is 12.7. The van der Waals surface area contributed by atoms with Crippen LogP contribution in [0.25, 0.3) is 0 Å². The van der Waals surface area contributed by atoms with E-state index in [0.717, 1.165) is 17.7 Å². The Morgan fingerprint density at radius 1 is 1.04 bits per heavy atom. The Balaban J connectivity index is 1.82. The Morgan fingerprint density at radius 2 is 1.59 bits per heavy atom. The molecule has 0 aliphatic carbocycles. The molecule has 0 spiro atoms. The van der Waals surface area contributed by atoms with Crippen molar-refractivity contribution in [3.63, 3.8) is 0 Å². The molecule has 146 valence electrons. The fourth-order valence-corrected chi connectivity index (χ4v) is 2.55. The first-order valence-electron chi connectivity index (χ1n) is 8.55. The van der Waals surface area contributed by atoms with Crippen molar-refractivity contribution in [2.75, 3.05) is 13.6 Å². The van der Waals surface area contributed by atoms with E-state index in [0.29, 0.717) is 25.1 Å². The zero-order valence-corrected chi connectivity index (χ0v) is 15.2. The average molecular weight is 382 g/mol. The van der Waals surface area contributed by atoms with Crippen LogP contribution in [-0.2, 0) is 23.9 Å². The van der Waals surface area contributed by atoms with E-state index in [4.69, 9.17) is 0 Å². The number of hydrogen-bond acceptors (Lipinski definition) is 2. The van der Waals surface area contributed by atoms with Crippen molar-refractivity contribution in [2.24, 2.45) is 0 Å². The van der Waals surface area contributed by atoms with Gasteiger partial charge in [-0.05, 0) is 55.8 Å². The molecule has 2 aromatic rings. The lowest BCUT2D eigenvalue weighted by Gasteiger charge is -2.24. The summed E-state index contributed by atoms with van der Waals surface area (Å²) in [5, 5.41) is 2.82. The third-order valence-corrected chi connectivity index (χ3v) is 4.38. The van der Waals surface area contributed by atoms with Crippen molar-refractivity contribution >= 4 is 5.91 Å². The lowest BCUT2D eigenvalue weighted by Crippen LogP contribution is -2.43. The molecule has 2 rings (SSSR count). The molecule has 1 atom stereocenters. The van der Waals surface area contributed by atoms with Crippen molar-refractivity contribution in [1.82, 2.24) is 10.2 Å². The number of benzene rings is 2. The number of carbonyl (C=O) groups excluding carboxylic acids is 1. The van der Waals surface area contributed by atoms with Crippen LogP contribution in [0.4, 0.5) is 17.6 Å². The highest BCUT2D eigenvalue weighted by Gasteiger charge is 2.30. The van der Waals surface area contributed by atoms with E-state index in [1.54, 1.807) is 31.0 Å². The van der Waals surface area contributed by atoms with Crippen molar-refractivity contribution < 1.29 is 22.4 Å². The molecule has 0 aromatic heterocycles. The monoisotopic (exact) mass is 382 g/mol. The standard InChI is InChI=1S/C20H22F4N2O/c1-14(19(27)25-12-11-15-5-9-18(21)10-6-15)26(2)13-16-3-7-17(8-4-16)20(22,23)24/h3-10,14H,11-13H2,1-2H3,(H,25,27). The minimum Gasteiger partial charge on any atom is -0.354 e. The zero-order chi connectivity index (χ0) is 20.0. The number of nitrogens with zero attached hydrogens (tertiary/aromatic N) is 1. The Labute approximate surface area is 156 Å². The molecule has 0 saturated heterocycles. The SMILES string of the molecule is CC(C(=O)NCCc1ccc(F)cc1)N(C)Cc1ccc(C(F)(F)F)cc1. The van der Waals surface area contributed by atoms with Crippen LogP contribution in [0.3, 0.4) is 0 Å². The van der Waals surface area contributed by atoms with E-state index in [1.807, 2.05) is 0 Å². The predicted molar refractivity (Wildman–Crippen MR) is 95.5 cm³/mol. The molecule has 0 bridgehead atoms. The molecule has 0 fully saturated rings. The Kier molecular flexibility index (Phi) is 6.96. The van der Waals surface area contributed by atoms with E-state index >= 15 is 0 Å². The topological polar surface area (TPSA) is 32.3 Å². The summed E-state index contributed by atoms with van der Waals surface area (Å²) in [6, 6.07) is 10.5. The number of hydrogen-bond donors (Lipinski definition) is 1. The van der Waals surface area contributed by atoms with Gasteiger partial charge < -0.3 is 5.32 Å². The number of likely N-dealkylation sites (N-methyl/N-ethyl adjacent to an activating group) is 1. The van der Waals surface area contributed by atoms with Crippen LogP contribution < -0.4 is 5.32 Å². The summed E-state index contributed by atoms with van der Waals surface area (Å²) in [5.74, 6) is -0.479. The van der Waals surface area contributed by atoms with E-state index in [-0.39, 0.29) is 11.7 Å². The first-order valence-corrected chi connectivity index (χ1v) is 8.55. The maximum atomic E-state index is 12.9. The summed E-state index contributed by atoms with van der Waals surface area (Å²) in [4.78, 5) is 14.0. The third kappa shape index (κ3) is 6.36. The Morgan fingerprint density at radius 3 is 2.15 bits per heavy atom. The van der Waals surface area contributed by atoms with Crippen LogP contribution in [0.15, 0.2) is 48.5 Å². The van der Waals surface area contributed by atoms with Crippen LogP contribution in [-0.4, -0.2) is 30.4 Å². The molecule has 2 aromatic carbocycles. The zero-order valence-electron chi connectivity index (χ0n) is 15.2. The van der Waals surface area contributed by atoms with Crippen LogP contribution in [0.1, 0.15) is 23.6 Å². The molecule has 27 heavy (non-hydrogen) atoms. The molecule has 0 heterocycles. The van der Waals surface area contributed by atoms with Gasteiger partial charge in [0.15, 0.2) is 0 Å². The summed E-state index contributed by atoms with van der Waals surface area (Å²) >= 11 is 0. The van der Waals surface area contributed by atoms with Gasteiger partial charge in [0, 0.05) is 13.1 Å². The second-order valence-corrected chi connectivity index (χ2v) is 6.45. The molecule has 1 unspecified atom stereocenters. The van der Waals surface area contributed by atoms with Gasteiger partial charge in [0.05, 0.1) is 11.6 Å². The highest BCUT2D eigenvalue weighted by atomic mass is 19.4. The number of carbonyl (C=O) groups is 1. The lowest BCUT2D eigenvalue weighted by atomic mass is 10.1. The summed E-state index contributed by atoms with van der Waals surface area (Å²) in [6.45, 7) is 2.50. The Bertz CT molecular complexity index is 742. The molecule has 0 radical (unpaired) electrons. The molecular weight excluding hydrogens is 360 g/mol. The molecule has 1 amide bonds. The summed E-state index contributed by atoms with van der Waals surface area (Å²) in [5.41, 5.74) is 0.916. The minimum atomic E-state index is -4.36. The highest BCUT2D eigenvalue weighted by molar-refractivity contribution is 5.81. The Hall–Kier alpha value is -2.41. The number of amides is 1. The maximum Gasteiger partial charge on any atom is 0.416 e. The van der Waals surface area contributed by atoms with Gasteiger partial charge in [-0.3, -0.25) is 9.69 Å². The van der Waals surface area contributed by atoms with E-state index in [1.165, 1.54) is 24.3 Å². The normalized spacial score (nSPS) is 12.9. The quantitative estimate of drug-likeness (QED) is 0.734. The van der Waals surface area contributed by atoms with E-state index < -0.39 is 17.8 Å². The van der Waals surface area contributed by atoms with Gasteiger partial charge in [-0.15, -0.1) is 0 Å². The number of halogens is 4. The largest absolute Gasteiger partial charge is 0.416 e. The molecule has 0 aliphatic rings. The molecule has 0 saturated carbocycles. The van der Waals surface area contributed by atoms with Crippen LogP contribution in [0.2, 0.25) is 0 Å². The minimum absolute atomic E-state index is 0.175. The van der Waals surface area contributed by atoms with Gasteiger partial charge in [0.1, 0.15) is 5.82 Å². The van der Waals surface area contributed by atoms with Crippen LogP contribution in [0, 0.1) is 5.82 Å². The average Bonchev–Trinajstić information content (AvgIpc) is 2.62. The smallest absolute Gasteiger partial charge is 0.354 e. The highest BCUT2D eigenvalue weighted by Crippen LogP contribution is 2.29. The number of nitrogens with one attached hydrogen (secondary N) is 1. The second-order valence-electron chi connectivity index (χ2n) is 6.45. The summed E-state index contributed by atoms with van der Waals surface area (Å²) in [7, 11) is 1.74. The van der Waals surface area contributed by atoms with Gasteiger partial charge in [-0.2, -0.15) is 13.2 Å². The number of alkyl halides is 3. The maximum absolute atomic E-state index is 12.9. The predicted octanol–water partition coefficient (Wildman–Crippen LogP) is 4.02. The van der Waals surface area contributed by atoms with Crippen molar-refractivity contribution in [2.45, 2.75) is 32.1 Å². The van der Waals surface area contributed by atoms with Crippen molar-refractivity contribution in [3.8, 4) is 0 Å². The molecule has 7 heteroatoms.